The summed E-state index contributed by atoms with van der Waals surface area (Å²) >= 11 is 5.80. The van der Waals surface area contributed by atoms with Crippen LogP contribution in [0.2, 0.25) is 5.02 Å². The molecule has 0 aliphatic heterocycles. The van der Waals surface area contributed by atoms with Gasteiger partial charge in [0.05, 0.1) is 0 Å². The van der Waals surface area contributed by atoms with Crippen molar-refractivity contribution in [3.05, 3.63) is 29.3 Å². The zero-order chi connectivity index (χ0) is 13.1. The molecule has 0 radical (unpaired) electrons. The van der Waals surface area contributed by atoms with Gasteiger partial charge in [-0.05, 0) is 48.9 Å². The van der Waals surface area contributed by atoms with E-state index in [-0.39, 0.29) is 11.8 Å². The maximum absolute atomic E-state index is 12.0. The Kier molecular flexibility index (Phi) is 4.28. The number of anilines is 1. The molecule has 0 spiro atoms. The second-order valence-electron chi connectivity index (χ2n) is 5.57. The molecule has 1 amide bonds. The smallest absolute Gasteiger partial charge is 0.227 e. The Morgan fingerprint density at radius 2 is 2.06 bits per heavy atom. The molecule has 2 rings (SSSR count). The molecule has 0 bridgehead atoms. The molecule has 3 heteroatoms. The number of nitrogens with one attached hydrogen (secondary N) is 1. The second kappa shape index (κ2) is 5.75. The van der Waals surface area contributed by atoms with Crippen LogP contribution in [0.15, 0.2) is 24.3 Å². The first kappa shape index (κ1) is 13.4. The van der Waals surface area contributed by atoms with E-state index >= 15 is 0 Å². The minimum atomic E-state index is 0.158. The van der Waals surface area contributed by atoms with Crippen molar-refractivity contribution in [1.82, 2.24) is 0 Å². The van der Waals surface area contributed by atoms with Gasteiger partial charge in [0.1, 0.15) is 0 Å². The van der Waals surface area contributed by atoms with Gasteiger partial charge in [0.25, 0.3) is 0 Å². The monoisotopic (exact) mass is 265 g/mol. The van der Waals surface area contributed by atoms with Crippen LogP contribution in [0.3, 0.4) is 0 Å². The van der Waals surface area contributed by atoms with Gasteiger partial charge < -0.3 is 5.32 Å². The molecule has 1 N–H and O–H groups in total. The van der Waals surface area contributed by atoms with Crippen molar-refractivity contribution in [3.63, 3.8) is 0 Å². The Labute approximate surface area is 114 Å². The molecule has 1 saturated carbocycles. The van der Waals surface area contributed by atoms with E-state index in [2.05, 4.69) is 19.2 Å². The van der Waals surface area contributed by atoms with Gasteiger partial charge in [-0.15, -0.1) is 0 Å². The van der Waals surface area contributed by atoms with Crippen molar-refractivity contribution < 1.29 is 4.79 Å². The summed E-state index contributed by atoms with van der Waals surface area (Å²) < 4.78 is 0. The first-order valence-electron chi connectivity index (χ1n) is 6.62. The van der Waals surface area contributed by atoms with E-state index < -0.39 is 0 Å². The number of rotatable bonds is 5. The minimum absolute atomic E-state index is 0.158. The molecule has 2 nitrogen and oxygen atoms in total. The van der Waals surface area contributed by atoms with Gasteiger partial charge in [0.2, 0.25) is 5.91 Å². The number of hydrogen-bond donors (Lipinski definition) is 1. The topological polar surface area (TPSA) is 29.1 Å². The lowest BCUT2D eigenvalue weighted by Gasteiger charge is -2.06. The van der Waals surface area contributed by atoms with E-state index in [1.807, 2.05) is 12.1 Å². The molecule has 0 aromatic heterocycles. The Balaban J connectivity index is 1.78. The SMILES string of the molecule is CC(C)CC[C@H]1C[C@@H]1C(=O)Nc1ccc(Cl)cc1. The van der Waals surface area contributed by atoms with Crippen molar-refractivity contribution in [2.75, 3.05) is 5.32 Å². The lowest BCUT2D eigenvalue weighted by atomic mass is 10.0. The molecule has 2 atom stereocenters. The third-order valence-electron chi connectivity index (χ3n) is 3.49. The van der Waals surface area contributed by atoms with Crippen LogP contribution < -0.4 is 5.32 Å². The van der Waals surface area contributed by atoms with Crippen molar-refractivity contribution in [1.29, 1.82) is 0 Å². The fraction of sp³-hybridized carbons (Fsp3) is 0.533. The van der Waals surface area contributed by atoms with Crippen LogP contribution in [0.5, 0.6) is 0 Å². The van der Waals surface area contributed by atoms with Crippen LogP contribution >= 0.6 is 11.6 Å². The number of benzene rings is 1. The third kappa shape index (κ3) is 3.74. The fourth-order valence-corrected chi connectivity index (χ4v) is 2.33. The maximum atomic E-state index is 12.0. The average Bonchev–Trinajstić information content (AvgIpc) is 3.09. The highest BCUT2D eigenvalue weighted by Crippen LogP contribution is 2.43. The van der Waals surface area contributed by atoms with Gasteiger partial charge >= 0.3 is 0 Å². The van der Waals surface area contributed by atoms with Crippen molar-refractivity contribution >= 4 is 23.2 Å². The molecule has 18 heavy (non-hydrogen) atoms. The van der Waals surface area contributed by atoms with E-state index in [4.69, 9.17) is 11.6 Å². The Morgan fingerprint density at radius 3 is 2.67 bits per heavy atom. The zero-order valence-corrected chi connectivity index (χ0v) is 11.7. The largest absolute Gasteiger partial charge is 0.326 e. The highest BCUT2D eigenvalue weighted by atomic mass is 35.5. The molecule has 1 aromatic carbocycles. The molecular weight excluding hydrogens is 246 g/mol. The van der Waals surface area contributed by atoms with Crippen molar-refractivity contribution in [2.45, 2.75) is 33.1 Å². The fourth-order valence-electron chi connectivity index (χ4n) is 2.20. The summed E-state index contributed by atoms with van der Waals surface area (Å²) in [5.41, 5.74) is 0.832. The van der Waals surface area contributed by atoms with Crippen LogP contribution in [0.25, 0.3) is 0 Å². The van der Waals surface area contributed by atoms with Gasteiger partial charge in [0, 0.05) is 16.6 Å². The van der Waals surface area contributed by atoms with Crippen LogP contribution in [-0.2, 0) is 4.79 Å². The normalized spacial score (nSPS) is 22.0. The summed E-state index contributed by atoms with van der Waals surface area (Å²) in [6.07, 6.45) is 3.44. The highest BCUT2D eigenvalue weighted by molar-refractivity contribution is 6.30. The summed E-state index contributed by atoms with van der Waals surface area (Å²) in [7, 11) is 0. The third-order valence-corrected chi connectivity index (χ3v) is 3.74. The van der Waals surface area contributed by atoms with Gasteiger partial charge in [-0.3, -0.25) is 4.79 Å². The number of carbonyl (C=O) groups excluding carboxylic acids is 1. The predicted molar refractivity (Wildman–Crippen MR) is 75.8 cm³/mol. The second-order valence-corrected chi connectivity index (χ2v) is 6.01. The molecule has 98 valence electrons. The highest BCUT2D eigenvalue weighted by Gasteiger charge is 2.42. The lowest BCUT2D eigenvalue weighted by molar-refractivity contribution is -0.117. The molecule has 1 aliphatic rings. The summed E-state index contributed by atoms with van der Waals surface area (Å²) in [5.74, 6) is 1.70. The Bertz CT molecular complexity index is 413. The molecule has 1 fully saturated rings. The van der Waals surface area contributed by atoms with Gasteiger partial charge in [-0.25, -0.2) is 0 Å². The molecule has 0 unspecified atom stereocenters. The zero-order valence-electron chi connectivity index (χ0n) is 10.9. The van der Waals surface area contributed by atoms with E-state index in [1.54, 1.807) is 12.1 Å². The molecule has 0 saturated heterocycles. The van der Waals surface area contributed by atoms with Crippen LogP contribution in [0.1, 0.15) is 33.1 Å². The number of amides is 1. The van der Waals surface area contributed by atoms with Gasteiger partial charge in [-0.2, -0.15) is 0 Å². The molecular formula is C15H20ClNO. The van der Waals surface area contributed by atoms with Crippen LogP contribution in [-0.4, -0.2) is 5.91 Å². The average molecular weight is 266 g/mol. The van der Waals surface area contributed by atoms with Crippen molar-refractivity contribution in [2.24, 2.45) is 17.8 Å². The molecule has 1 aromatic rings. The van der Waals surface area contributed by atoms with E-state index in [0.29, 0.717) is 10.9 Å². The quantitative estimate of drug-likeness (QED) is 0.843. The summed E-state index contributed by atoms with van der Waals surface area (Å²) in [4.78, 5) is 12.0. The van der Waals surface area contributed by atoms with Gasteiger partial charge in [-0.1, -0.05) is 31.9 Å². The molecule has 0 heterocycles. The number of carbonyl (C=O) groups is 1. The van der Waals surface area contributed by atoms with Crippen LogP contribution in [0.4, 0.5) is 5.69 Å². The number of halogens is 1. The van der Waals surface area contributed by atoms with E-state index in [1.165, 1.54) is 12.8 Å². The number of hydrogen-bond acceptors (Lipinski definition) is 1. The van der Waals surface area contributed by atoms with E-state index in [9.17, 15) is 4.79 Å². The summed E-state index contributed by atoms with van der Waals surface area (Å²) in [5, 5.41) is 3.64. The van der Waals surface area contributed by atoms with Crippen LogP contribution in [0, 0.1) is 17.8 Å². The first-order chi connectivity index (χ1) is 8.56. The summed E-state index contributed by atoms with van der Waals surface area (Å²) in [6, 6.07) is 7.26. The minimum Gasteiger partial charge on any atom is -0.326 e. The Hall–Kier alpha value is -1.02. The van der Waals surface area contributed by atoms with E-state index in [0.717, 1.165) is 18.0 Å². The van der Waals surface area contributed by atoms with Crippen molar-refractivity contribution in [3.8, 4) is 0 Å². The maximum Gasteiger partial charge on any atom is 0.227 e. The van der Waals surface area contributed by atoms with Gasteiger partial charge in [0.15, 0.2) is 0 Å². The Morgan fingerprint density at radius 1 is 1.39 bits per heavy atom. The standard InChI is InChI=1S/C15H20ClNO/c1-10(2)3-4-11-9-14(11)15(18)17-13-7-5-12(16)6-8-13/h5-8,10-11,14H,3-4,9H2,1-2H3,(H,17,18)/t11-,14-/m0/s1. The molecule has 1 aliphatic carbocycles. The summed E-state index contributed by atoms with van der Waals surface area (Å²) in [6.45, 7) is 4.45. The first-order valence-corrected chi connectivity index (χ1v) is 7.00. The lowest BCUT2D eigenvalue weighted by Crippen LogP contribution is -2.14. The predicted octanol–water partition coefficient (Wildman–Crippen LogP) is 4.35.